The molecule has 98 valence electrons. The van der Waals surface area contributed by atoms with Crippen molar-refractivity contribution >= 4 is 5.91 Å². The van der Waals surface area contributed by atoms with E-state index >= 15 is 0 Å². The van der Waals surface area contributed by atoms with Crippen molar-refractivity contribution in [3.8, 4) is 5.88 Å². The van der Waals surface area contributed by atoms with E-state index in [0.717, 1.165) is 5.56 Å². The third kappa shape index (κ3) is 3.55. The van der Waals surface area contributed by atoms with E-state index in [1.807, 2.05) is 30.3 Å². The molecule has 0 unspecified atom stereocenters. The van der Waals surface area contributed by atoms with E-state index in [2.05, 4.69) is 4.98 Å². The molecule has 0 saturated heterocycles. The van der Waals surface area contributed by atoms with Crippen molar-refractivity contribution in [2.45, 2.75) is 6.61 Å². The molecular formula is C15H16N2O2. The fraction of sp³-hybridized carbons (Fsp3) is 0.200. The summed E-state index contributed by atoms with van der Waals surface area (Å²) in [6.45, 7) is 0.467. The van der Waals surface area contributed by atoms with Crippen LogP contribution in [0.4, 0.5) is 0 Å². The normalized spacial score (nSPS) is 10.0. The first-order chi connectivity index (χ1) is 9.16. The van der Waals surface area contributed by atoms with Gasteiger partial charge < -0.3 is 9.64 Å². The van der Waals surface area contributed by atoms with Crippen LogP contribution in [0.5, 0.6) is 5.88 Å². The largest absolute Gasteiger partial charge is 0.473 e. The van der Waals surface area contributed by atoms with E-state index in [0.29, 0.717) is 18.1 Å². The predicted molar refractivity (Wildman–Crippen MR) is 73.0 cm³/mol. The number of ether oxygens (including phenoxy) is 1. The Hall–Kier alpha value is -2.36. The van der Waals surface area contributed by atoms with Gasteiger partial charge in [0.05, 0.1) is 5.56 Å². The molecule has 1 aromatic heterocycles. The van der Waals surface area contributed by atoms with Gasteiger partial charge in [-0.15, -0.1) is 0 Å². The number of hydrogen-bond donors (Lipinski definition) is 0. The lowest BCUT2D eigenvalue weighted by Crippen LogP contribution is -2.21. The molecule has 0 atom stereocenters. The molecule has 19 heavy (non-hydrogen) atoms. The fourth-order valence-corrected chi connectivity index (χ4v) is 1.58. The molecule has 2 rings (SSSR count). The van der Waals surface area contributed by atoms with Gasteiger partial charge in [0, 0.05) is 26.4 Å². The topological polar surface area (TPSA) is 42.4 Å². The maximum atomic E-state index is 11.7. The van der Waals surface area contributed by atoms with Crippen molar-refractivity contribution in [1.82, 2.24) is 9.88 Å². The van der Waals surface area contributed by atoms with Gasteiger partial charge in [0.1, 0.15) is 6.61 Å². The molecule has 2 aromatic rings. The summed E-state index contributed by atoms with van der Waals surface area (Å²) in [6.07, 6.45) is 1.53. The summed E-state index contributed by atoms with van der Waals surface area (Å²) in [5, 5.41) is 0. The van der Waals surface area contributed by atoms with Gasteiger partial charge >= 0.3 is 0 Å². The Balaban J connectivity index is 1.98. The van der Waals surface area contributed by atoms with Crippen LogP contribution in [0.2, 0.25) is 0 Å². The van der Waals surface area contributed by atoms with Gasteiger partial charge in [0.2, 0.25) is 5.88 Å². The van der Waals surface area contributed by atoms with Gasteiger partial charge in [0.15, 0.2) is 0 Å². The Morgan fingerprint density at radius 2 is 1.89 bits per heavy atom. The molecule has 4 nitrogen and oxygen atoms in total. The third-order valence-corrected chi connectivity index (χ3v) is 2.62. The van der Waals surface area contributed by atoms with Crippen LogP contribution in [0.3, 0.4) is 0 Å². The van der Waals surface area contributed by atoms with Crippen molar-refractivity contribution in [3.05, 3.63) is 59.8 Å². The maximum absolute atomic E-state index is 11.7. The minimum atomic E-state index is -0.0675. The van der Waals surface area contributed by atoms with E-state index in [1.54, 1.807) is 26.2 Å². The van der Waals surface area contributed by atoms with Crippen LogP contribution < -0.4 is 4.74 Å². The van der Waals surface area contributed by atoms with E-state index in [-0.39, 0.29) is 5.91 Å². The molecule has 0 radical (unpaired) electrons. The lowest BCUT2D eigenvalue weighted by molar-refractivity contribution is 0.0827. The third-order valence-electron chi connectivity index (χ3n) is 2.62. The molecule has 0 bridgehead atoms. The van der Waals surface area contributed by atoms with Crippen LogP contribution in [0.15, 0.2) is 48.7 Å². The molecule has 4 heteroatoms. The SMILES string of the molecule is CN(C)C(=O)c1ccc(OCc2ccccc2)nc1. The van der Waals surface area contributed by atoms with Crippen LogP contribution in [0, 0.1) is 0 Å². The lowest BCUT2D eigenvalue weighted by atomic mass is 10.2. The summed E-state index contributed by atoms with van der Waals surface area (Å²) < 4.78 is 5.55. The van der Waals surface area contributed by atoms with Gasteiger partial charge in [0.25, 0.3) is 5.91 Å². The number of carbonyl (C=O) groups excluding carboxylic acids is 1. The summed E-state index contributed by atoms with van der Waals surface area (Å²) in [4.78, 5) is 17.3. The summed E-state index contributed by atoms with van der Waals surface area (Å²) in [5.74, 6) is 0.446. The second kappa shape index (κ2) is 6.00. The molecule has 1 heterocycles. The van der Waals surface area contributed by atoms with Crippen molar-refractivity contribution in [3.63, 3.8) is 0 Å². The fourth-order valence-electron chi connectivity index (χ4n) is 1.58. The van der Waals surface area contributed by atoms with Crippen molar-refractivity contribution in [2.24, 2.45) is 0 Å². The highest BCUT2D eigenvalue weighted by Gasteiger charge is 2.08. The Labute approximate surface area is 112 Å². The Morgan fingerprint density at radius 1 is 1.16 bits per heavy atom. The first kappa shape index (κ1) is 13.1. The molecule has 0 saturated carbocycles. The van der Waals surface area contributed by atoms with Crippen LogP contribution >= 0.6 is 0 Å². The molecule has 0 aliphatic heterocycles. The van der Waals surface area contributed by atoms with Crippen molar-refractivity contribution < 1.29 is 9.53 Å². The minimum absolute atomic E-state index is 0.0675. The zero-order valence-electron chi connectivity index (χ0n) is 11.0. The molecule has 1 aromatic carbocycles. The molecule has 1 amide bonds. The predicted octanol–water partition coefficient (Wildman–Crippen LogP) is 2.36. The van der Waals surface area contributed by atoms with Gasteiger partial charge in [-0.2, -0.15) is 0 Å². The van der Waals surface area contributed by atoms with Crippen molar-refractivity contribution in [2.75, 3.05) is 14.1 Å². The molecule has 0 N–H and O–H groups in total. The smallest absolute Gasteiger partial charge is 0.254 e. The molecule has 0 spiro atoms. The molecular weight excluding hydrogens is 240 g/mol. The number of hydrogen-bond acceptors (Lipinski definition) is 3. The summed E-state index contributed by atoms with van der Waals surface area (Å²) in [5.41, 5.74) is 1.63. The summed E-state index contributed by atoms with van der Waals surface area (Å²) in [6, 6.07) is 13.3. The number of carbonyl (C=O) groups is 1. The van der Waals surface area contributed by atoms with Crippen LogP contribution in [-0.2, 0) is 6.61 Å². The van der Waals surface area contributed by atoms with E-state index in [9.17, 15) is 4.79 Å². The number of nitrogens with zero attached hydrogens (tertiary/aromatic N) is 2. The molecule has 0 fully saturated rings. The standard InChI is InChI=1S/C15H16N2O2/c1-17(2)15(18)13-8-9-14(16-10-13)19-11-12-6-4-3-5-7-12/h3-10H,11H2,1-2H3. The summed E-state index contributed by atoms with van der Waals surface area (Å²) in [7, 11) is 3.42. The zero-order chi connectivity index (χ0) is 13.7. The highest BCUT2D eigenvalue weighted by molar-refractivity contribution is 5.93. The van der Waals surface area contributed by atoms with Crippen LogP contribution in [0.25, 0.3) is 0 Å². The maximum Gasteiger partial charge on any atom is 0.254 e. The van der Waals surface area contributed by atoms with E-state index in [4.69, 9.17) is 4.74 Å². The highest BCUT2D eigenvalue weighted by atomic mass is 16.5. The number of pyridine rings is 1. The first-order valence-electron chi connectivity index (χ1n) is 6.01. The minimum Gasteiger partial charge on any atom is -0.473 e. The Morgan fingerprint density at radius 3 is 2.47 bits per heavy atom. The number of amides is 1. The van der Waals surface area contributed by atoms with E-state index < -0.39 is 0 Å². The average Bonchev–Trinajstić information content (AvgIpc) is 2.46. The van der Waals surface area contributed by atoms with E-state index in [1.165, 1.54) is 11.1 Å². The second-order valence-corrected chi connectivity index (χ2v) is 4.36. The molecule has 0 aliphatic rings. The average molecular weight is 256 g/mol. The van der Waals surface area contributed by atoms with Crippen molar-refractivity contribution in [1.29, 1.82) is 0 Å². The highest BCUT2D eigenvalue weighted by Crippen LogP contribution is 2.11. The monoisotopic (exact) mass is 256 g/mol. The van der Waals surface area contributed by atoms with Gasteiger partial charge in [-0.1, -0.05) is 30.3 Å². The zero-order valence-corrected chi connectivity index (χ0v) is 11.0. The summed E-state index contributed by atoms with van der Waals surface area (Å²) >= 11 is 0. The van der Waals surface area contributed by atoms with Crippen LogP contribution in [0.1, 0.15) is 15.9 Å². The van der Waals surface area contributed by atoms with Gasteiger partial charge in [-0.3, -0.25) is 4.79 Å². The number of benzene rings is 1. The van der Waals surface area contributed by atoms with Gasteiger partial charge in [-0.25, -0.2) is 4.98 Å². The van der Waals surface area contributed by atoms with Gasteiger partial charge in [-0.05, 0) is 11.6 Å². The quantitative estimate of drug-likeness (QED) is 0.843. The Bertz CT molecular complexity index is 536. The first-order valence-corrected chi connectivity index (χ1v) is 6.01. The second-order valence-electron chi connectivity index (χ2n) is 4.36. The number of rotatable bonds is 4. The molecule has 0 aliphatic carbocycles. The number of aromatic nitrogens is 1. The Kier molecular flexibility index (Phi) is 4.13. The van der Waals surface area contributed by atoms with Crippen LogP contribution in [-0.4, -0.2) is 29.9 Å². The lowest BCUT2D eigenvalue weighted by Gasteiger charge is -2.10.